The molecule has 2 aromatic heterocycles. The minimum absolute atomic E-state index is 0.0572. The standard InChI is InChI=1S/C24H27FN4O5/c1-2-17-16(11-34-29-17)23(30)28-20(12-5-3-4-6-12)22-26-18-8-7-13(19(25)21(18)27-22)14-9-33-10-15(14)24(31)32/h7-8,11-12,14-15,20H,2-6,9-10H2,1H3,(H,26,27)(H,28,30)(H,31,32)/t14-,15-,20+/m1/s1. The number of carbonyl (C=O) groups excluding carboxylic acids is 1. The Balaban J connectivity index is 1.49. The van der Waals surface area contributed by atoms with Gasteiger partial charge in [0.2, 0.25) is 0 Å². The normalized spacial score (nSPS) is 21.8. The number of aromatic amines is 1. The van der Waals surface area contributed by atoms with E-state index in [1.165, 1.54) is 6.26 Å². The molecule has 0 radical (unpaired) electrons. The van der Waals surface area contributed by atoms with Gasteiger partial charge in [-0.3, -0.25) is 9.59 Å². The van der Waals surface area contributed by atoms with Gasteiger partial charge in [0.25, 0.3) is 5.91 Å². The fourth-order valence-electron chi connectivity index (χ4n) is 5.23. The van der Waals surface area contributed by atoms with Gasteiger partial charge in [-0.25, -0.2) is 9.37 Å². The van der Waals surface area contributed by atoms with Gasteiger partial charge in [0.15, 0.2) is 5.82 Å². The average molecular weight is 471 g/mol. The molecule has 9 nitrogen and oxygen atoms in total. The van der Waals surface area contributed by atoms with Crippen LogP contribution in [0.15, 0.2) is 22.9 Å². The number of hydrogen-bond acceptors (Lipinski definition) is 6. The Hall–Kier alpha value is -3.27. The second-order valence-electron chi connectivity index (χ2n) is 9.10. The number of rotatable bonds is 7. The number of amides is 1. The summed E-state index contributed by atoms with van der Waals surface area (Å²) in [6.45, 7) is 2.10. The quantitative estimate of drug-likeness (QED) is 0.480. The Labute approximate surface area is 195 Å². The number of halogens is 1. The van der Waals surface area contributed by atoms with Gasteiger partial charge < -0.3 is 24.7 Å². The zero-order valence-electron chi connectivity index (χ0n) is 18.8. The molecule has 1 amide bonds. The van der Waals surface area contributed by atoms with Crippen LogP contribution in [-0.4, -0.2) is 45.3 Å². The molecule has 3 heterocycles. The second kappa shape index (κ2) is 9.17. The van der Waals surface area contributed by atoms with E-state index < -0.39 is 29.7 Å². The molecule has 1 saturated heterocycles. The van der Waals surface area contributed by atoms with E-state index >= 15 is 4.39 Å². The summed E-state index contributed by atoms with van der Waals surface area (Å²) in [6, 6.07) is 2.89. The molecule has 1 aliphatic heterocycles. The van der Waals surface area contributed by atoms with Crippen molar-refractivity contribution in [2.24, 2.45) is 11.8 Å². The van der Waals surface area contributed by atoms with Crippen LogP contribution >= 0.6 is 0 Å². The van der Waals surface area contributed by atoms with Gasteiger partial charge in [0.05, 0.1) is 36.4 Å². The Bertz CT molecular complexity index is 1220. The topological polar surface area (TPSA) is 130 Å². The third-order valence-electron chi connectivity index (χ3n) is 7.11. The van der Waals surface area contributed by atoms with Crippen LogP contribution in [0.3, 0.4) is 0 Å². The maximum atomic E-state index is 15.6. The highest BCUT2D eigenvalue weighted by Crippen LogP contribution is 2.38. The zero-order valence-corrected chi connectivity index (χ0v) is 18.8. The molecule has 2 fully saturated rings. The van der Waals surface area contributed by atoms with Crippen molar-refractivity contribution in [2.45, 2.75) is 51.0 Å². The molecule has 5 rings (SSSR count). The maximum absolute atomic E-state index is 15.6. The zero-order chi connectivity index (χ0) is 23.8. The summed E-state index contributed by atoms with van der Waals surface area (Å²) < 4.78 is 25.9. The van der Waals surface area contributed by atoms with Crippen molar-refractivity contribution in [3.05, 3.63) is 46.9 Å². The van der Waals surface area contributed by atoms with Crippen molar-refractivity contribution in [3.8, 4) is 0 Å². The van der Waals surface area contributed by atoms with Crippen molar-refractivity contribution in [3.63, 3.8) is 0 Å². The molecule has 1 aliphatic carbocycles. The van der Waals surface area contributed by atoms with Crippen LogP contribution in [0, 0.1) is 17.7 Å². The lowest BCUT2D eigenvalue weighted by Crippen LogP contribution is -2.33. The van der Waals surface area contributed by atoms with Crippen LogP contribution in [0.25, 0.3) is 11.0 Å². The number of nitrogens with zero attached hydrogens (tertiary/aromatic N) is 2. The highest BCUT2D eigenvalue weighted by Gasteiger charge is 2.38. The number of carboxylic acid groups (broad SMARTS) is 1. The first-order valence-corrected chi connectivity index (χ1v) is 11.7. The fraction of sp³-hybridized carbons (Fsp3) is 0.500. The first-order chi connectivity index (χ1) is 16.5. The molecule has 3 atom stereocenters. The summed E-state index contributed by atoms with van der Waals surface area (Å²) in [4.78, 5) is 32.4. The van der Waals surface area contributed by atoms with E-state index in [9.17, 15) is 14.7 Å². The van der Waals surface area contributed by atoms with Gasteiger partial charge in [-0.1, -0.05) is 31.0 Å². The van der Waals surface area contributed by atoms with Gasteiger partial charge in [0, 0.05) is 5.92 Å². The second-order valence-corrected chi connectivity index (χ2v) is 9.10. The van der Waals surface area contributed by atoms with Crippen LogP contribution in [0.2, 0.25) is 0 Å². The molecule has 0 bridgehead atoms. The lowest BCUT2D eigenvalue weighted by molar-refractivity contribution is -0.142. The average Bonchev–Trinajstić information content (AvgIpc) is 3.62. The molecule has 0 unspecified atom stereocenters. The van der Waals surface area contributed by atoms with E-state index in [2.05, 4.69) is 20.4 Å². The van der Waals surface area contributed by atoms with Gasteiger partial charge >= 0.3 is 5.97 Å². The molecule has 10 heteroatoms. The number of nitrogens with one attached hydrogen (secondary N) is 2. The predicted octanol–water partition coefficient (Wildman–Crippen LogP) is 3.73. The monoisotopic (exact) mass is 470 g/mol. The Morgan fingerprint density at radius 2 is 2.09 bits per heavy atom. The van der Waals surface area contributed by atoms with Gasteiger partial charge in [-0.05, 0) is 36.8 Å². The van der Waals surface area contributed by atoms with E-state index in [-0.39, 0.29) is 36.1 Å². The van der Waals surface area contributed by atoms with Crippen LogP contribution < -0.4 is 5.32 Å². The fourth-order valence-corrected chi connectivity index (χ4v) is 5.23. The van der Waals surface area contributed by atoms with Gasteiger partial charge in [-0.2, -0.15) is 0 Å². The highest BCUT2D eigenvalue weighted by atomic mass is 19.1. The maximum Gasteiger partial charge on any atom is 0.309 e. The number of aryl methyl sites for hydroxylation is 1. The van der Waals surface area contributed by atoms with Crippen LogP contribution in [0.4, 0.5) is 4.39 Å². The molecule has 2 aliphatic rings. The smallest absolute Gasteiger partial charge is 0.309 e. The van der Waals surface area contributed by atoms with Crippen molar-refractivity contribution >= 4 is 22.9 Å². The van der Waals surface area contributed by atoms with Gasteiger partial charge in [-0.15, -0.1) is 0 Å². The number of carboxylic acids is 1. The summed E-state index contributed by atoms with van der Waals surface area (Å²) >= 11 is 0. The molecule has 3 N–H and O–H groups in total. The lowest BCUT2D eigenvalue weighted by atomic mass is 9.88. The number of benzene rings is 1. The first kappa shape index (κ1) is 22.5. The summed E-state index contributed by atoms with van der Waals surface area (Å²) in [5.74, 6) is -2.58. The van der Waals surface area contributed by atoms with Crippen molar-refractivity contribution < 1.29 is 28.3 Å². The van der Waals surface area contributed by atoms with E-state index in [0.29, 0.717) is 29.0 Å². The molecule has 1 saturated carbocycles. The SMILES string of the molecule is CCc1nocc1C(=O)N[C@H](c1nc2c(F)c([C@H]3COC[C@H]3C(=O)O)ccc2[nH]1)C1CCCC1. The number of H-pyrrole nitrogens is 1. The summed E-state index contributed by atoms with van der Waals surface area (Å²) in [5.41, 5.74) is 1.89. The van der Waals surface area contributed by atoms with E-state index in [4.69, 9.17) is 9.26 Å². The minimum atomic E-state index is -1.01. The molecule has 1 aromatic carbocycles. The van der Waals surface area contributed by atoms with Crippen molar-refractivity contribution in [2.75, 3.05) is 13.2 Å². The summed E-state index contributed by atoms with van der Waals surface area (Å²) in [5, 5.41) is 16.4. The van der Waals surface area contributed by atoms with E-state index in [0.717, 1.165) is 25.7 Å². The molecular weight excluding hydrogens is 443 g/mol. The number of fused-ring (bicyclic) bond motifs is 1. The number of carbonyl (C=O) groups is 2. The number of imidazole rings is 1. The molecule has 180 valence electrons. The Morgan fingerprint density at radius 3 is 2.82 bits per heavy atom. The minimum Gasteiger partial charge on any atom is -0.481 e. The number of hydrogen-bond donors (Lipinski definition) is 3. The van der Waals surface area contributed by atoms with Crippen LogP contribution in [0.1, 0.15) is 72.0 Å². The Morgan fingerprint density at radius 1 is 1.29 bits per heavy atom. The Kier molecular flexibility index (Phi) is 6.07. The van der Waals surface area contributed by atoms with E-state index in [1.807, 2.05) is 6.92 Å². The third kappa shape index (κ3) is 3.96. The first-order valence-electron chi connectivity index (χ1n) is 11.7. The molecule has 0 spiro atoms. The summed E-state index contributed by atoms with van der Waals surface area (Å²) in [6.07, 6.45) is 5.88. The van der Waals surface area contributed by atoms with Crippen LogP contribution in [0.5, 0.6) is 0 Å². The lowest BCUT2D eigenvalue weighted by Gasteiger charge is -2.22. The predicted molar refractivity (Wildman–Crippen MR) is 119 cm³/mol. The van der Waals surface area contributed by atoms with Crippen molar-refractivity contribution in [1.82, 2.24) is 20.4 Å². The number of aromatic nitrogens is 3. The molecule has 34 heavy (non-hydrogen) atoms. The highest BCUT2D eigenvalue weighted by molar-refractivity contribution is 5.95. The third-order valence-corrected chi connectivity index (χ3v) is 7.11. The van der Waals surface area contributed by atoms with Crippen molar-refractivity contribution in [1.29, 1.82) is 0 Å². The van der Waals surface area contributed by atoms with E-state index in [1.54, 1.807) is 12.1 Å². The van der Waals surface area contributed by atoms with Gasteiger partial charge in [0.1, 0.15) is 23.2 Å². The number of aliphatic carboxylic acids is 1. The molecular formula is C24H27FN4O5. The number of ether oxygens (including phenoxy) is 1. The van der Waals surface area contributed by atoms with Crippen LogP contribution in [-0.2, 0) is 16.0 Å². The summed E-state index contributed by atoms with van der Waals surface area (Å²) in [7, 11) is 0. The molecule has 3 aromatic rings. The largest absolute Gasteiger partial charge is 0.481 e.